The van der Waals surface area contributed by atoms with Crippen LogP contribution in [0, 0.1) is 0 Å². The molecule has 0 aromatic heterocycles. The molecule has 0 amide bonds. The molecule has 88 valence electrons. The molecule has 0 aliphatic rings. The summed E-state index contributed by atoms with van der Waals surface area (Å²) in [7, 11) is 0. The fourth-order valence-corrected chi connectivity index (χ4v) is 1.39. The normalized spacial score (nSPS) is 11.1. The summed E-state index contributed by atoms with van der Waals surface area (Å²) < 4.78 is 49.7. The van der Waals surface area contributed by atoms with Crippen LogP contribution in [0.2, 0.25) is 0 Å². The van der Waals surface area contributed by atoms with Crippen LogP contribution in [-0.4, -0.2) is 6.29 Å². The van der Waals surface area contributed by atoms with Crippen LogP contribution in [0.25, 0.3) is 0 Å². The van der Waals surface area contributed by atoms with Gasteiger partial charge in [-0.15, -0.1) is 0 Å². The zero-order valence-electron chi connectivity index (χ0n) is 8.30. The first-order valence-corrected chi connectivity index (χ1v) is 4.69. The SMILES string of the molecule is O=CCCc1ccc(C(F)F)c(C(F)F)c1. The smallest absolute Gasteiger partial charge is 0.264 e. The summed E-state index contributed by atoms with van der Waals surface area (Å²) in [6, 6.07) is 3.37. The van der Waals surface area contributed by atoms with E-state index in [0.29, 0.717) is 11.8 Å². The molecule has 0 heterocycles. The van der Waals surface area contributed by atoms with Gasteiger partial charge in [-0.1, -0.05) is 12.1 Å². The van der Waals surface area contributed by atoms with E-state index in [0.717, 1.165) is 12.1 Å². The Bertz CT molecular complexity index is 363. The second kappa shape index (κ2) is 5.63. The summed E-state index contributed by atoms with van der Waals surface area (Å²) in [5, 5.41) is 0. The van der Waals surface area contributed by atoms with Crippen LogP contribution in [0.15, 0.2) is 18.2 Å². The third-order valence-corrected chi connectivity index (χ3v) is 2.17. The summed E-state index contributed by atoms with van der Waals surface area (Å²) in [6.07, 6.45) is -4.71. The summed E-state index contributed by atoms with van der Waals surface area (Å²) in [5.74, 6) is 0. The van der Waals surface area contributed by atoms with Crippen molar-refractivity contribution in [3.63, 3.8) is 0 Å². The molecule has 1 nitrogen and oxygen atoms in total. The van der Waals surface area contributed by atoms with E-state index in [1.165, 1.54) is 6.07 Å². The monoisotopic (exact) mass is 234 g/mol. The lowest BCUT2D eigenvalue weighted by Crippen LogP contribution is -1.98. The van der Waals surface area contributed by atoms with Crippen LogP contribution < -0.4 is 0 Å². The van der Waals surface area contributed by atoms with Crippen LogP contribution >= 0.6 is 0 Å². The number of rotatable bonds is 5. The molecule has 5 heteroatoms. The van der Waals surface area contributed by atoms with Gasteiger partial charge in [0.05, 0.1) is 0 Å². The summed E-state index contributed by atoms with van der Waals surface area (Å²) >= 11 is 0. The third kappa shape index (κ3) is 3.05. The lowest BCUT2D eigenvalue weighted by molar-refractivity contribution is -0.107. The number of benzene rings is 1. The minimum absolute atomic E-state index is 0.191. The number of carbonyl (C=O) groups excluding carboxylic acids is 1. The highest BCUT2D eigenvalue weighted by Gasteiger charge is 2.19. The van der Waals surface area contributed by atoms with Gasteiger partial charge in [0.25, 0.3) is 12.9 Å². The molecule has 0 aliphatic carbocycles. The molecule has 0 saturated heterocycles. The van der Waals surface area contributed by atoms with Crippen molar-refractivity contribution in [2.75, 3.05) is 0 Å². The number of aryl methyl sites for hydroxylation is 1. The van der Waals surface area contributed by atoms with Crippen LogP contribution in [0.5, 0.6) is 0 Å². The van der Waals surface area contributed by atoms with Crippen molar-refractivity contribution in [2.24, 2.45) is 0 Å². The number of aldehydes is 1. The van der Waals surface area contributed by atoms with E-state index < -0.39 is 24.0 Å². The number of hydrogen-bond acceptors (Lipinski definition) is 1. The summed E-state index contributed by atoms with van der Waals surface area (Å²) in [6.45, 7) is 0. The van der Waals surface area contributed by atoms with E-state index in [2.05, 4.69) is 0 Å². The Kier molecular flexibility index (Phi) is 4.46. The van der Waals surface area contributed by atoms with Crippen molar-refractivity contribution in [1.29, 1.82) is 0 Å². The van der Waals surface area contributed by atoms with Crippen molar-refractivity contribution in [3.8, 4) is 0 Å². The minimum atomic E-state index is -2.93. The van der Waals surface area contributed by atoms with Crippen molar-refractivity contribution in [2.45, 2.75) is 25.7 Å². The second-order valence-corrected chi connectivity index (χ2v) is 3.27. The fourth-order valence-electron chi connectivity index (χ4n) is 1.39. The van der Waals surface area contributed by atoms with Gasteiger partial charge in [-0.05, 0) is 18.1 Å². The van der Waals surface area contributed by atoms with Crippen LogP contribution in [-0.2, 0) is 11.2 Å². The molecule has 0 bridgehead atoms. The summed E-state index contributed by atoms with van der Waals surface area (Å²) in [5.41, 5.74) is -0.838. The Balaban J connectivity index is 3.02. The van der Waals surface area contributed by atoms with Crippen LogP contribution in [0.1, 0.15) is 36.0 Å². The van der Waals surface area contributed by atoms with Crippen LogP contribution in [0.4, 0.5) is 17.6 Å². The first-order valence-electron chi connectivity index (χ1n) is 4.69. The lowest BCUT2D eigenvalue weighted by atomic mass is 10.0. The molecule has 1 aromatic rings. The molecule has 0 atom stereocenters. The first-order chi connectivity index (χ1) is 7.56. The molecular formula is C11H10F4O. The standard InChI is InChI=1S/C11H10F4O/c12-10(13)8-4-3-7(2-1-5-16)6-9(8)11(14)15/h3-6,10-11H,1-2H2. The molecule has 0 radical (unpaired) electrons. The predicted octanol–water partition coefficient (Wildman–Crippen LogP) is 3.69. The largest absolute Gasteiger partial charge is 0.303 e. The van der Waals surface area contributed by atoms with Crippen molar-refractivity contribution in [3.05, 3.63) is 34.9 Å². The Hall–Kier alpha value is -1.39. The van der Waals surface area contributed by atoms with Gasteiger partial charge in [0, 0.05) is 17.5 Å². The molecule has 0 unspecified atom stereocenters. The van der Waals surface area contributed by atoms with Gasteiger partial charge in [0.1, 0.15) is 6.29 Å². The topological polar surface area (TPSA) is 17.1 Å². The van der Waals surface area contributed by atoms with E-state index >= 15 is 0 Å². The molecule has 0 saturated carbocycles. The maximum absolute atomic E-state index is 12.5. The number of hydrogen-bond donors (Lipinski definition) is 0. The Morgan fingerprint density at radius 2 is 1.69 bits per heavy atom. The van der Waals surface area contributed by atoms with Gasteiger partial charge in [-0.2, -0.15) is 0 Å². The van der Waals surface area contributed by atoms with Gasteiger partial charge < -0.3 is 4.79 Å². The fraction of sp³-hybridized carbons (Fsp3) is 0.364. The maximum Gasteiger partial charge on any atom is 0.264 e. The van der Waals surface area contributed by atoms with E-state index in [1.54, 1.807) is 0 Å². The second-order valence-electron chi connectivity index (χ2n) is 3.27. The first kappa shape index (κ1) is 12.7. The maximum atomic E-state index is 12.5. The molecule has 0 spiro atoms. The molecule has 1 aromatic carbocycles. The van der Waals surface area contributed by atoms with Gasteiger partial charge >= 0.3 is 0 Å². The van der Waals surface area contributed by atoms with Gasteiger partial charge in [-0.25, -0.2) is 17.6 Å². The molecule has 0 aliphatic heterocycles. The predicted molar refractivity (Wildman–Crippen MR) is 50.7 cm³/mol. The average Bonchev–Trinajstić information content (AvgIpc) is 2.25. The molecule has 0 N–H and O–H groups in total. The Morgan fingerprint density at radius 1 is 1.06 bits per heavy atom. The third-order valence-electron chi connectivity index (χ3n) is 2.17. The van der Waals surface area contributed by atoms with E-state index in [4.69, 9.17) is 0 Å². The van der Waals surface area contributed by atoms with Gasteiger partial charge in [0.15, 0.2) is 0 Å². The van der Waals surface area contributed by atoms with Crippen molar-refractivity contribution < 1.29 is 22.4 Å². The van der Waals surface area contributed by atoms with E-state index in [-0.39, 0.29) is 12.8 Å². The highest BCUT2D eigenvalue weighted by Crippen LogP contribution is 2.31. The highest BCUT2D eigenvalue weighted by atomic mass is 19.3. The average molecular weight is 234 g/mol. The quantitative estimate of drug-likeness (QED) is 0.561. The van der Waals surface area contributed by atoms with Gasteiger partial charge in [-0.3, -0.25) is 0 Å². The number of halogens is 4. The lowest BCUT2D eigenvalue weighted by Gasteiger charge is -2.09. The zero-order chi connectivity index (χ0) is 12.1. The van der Waals surface area contributed by atoms with Gasteiger partial charge in [0.2, 0.25) is 0 Å². The molecule has 16 heavy (non-hydrogen) atoms. The van der Waals surface area contributed by atoms with Crippen molar-refractivity contribution in [1.82, 2.24) is 0 Å². The van der Waals surface area contributed by atoms with E-state index in [9.17, 15) is 22.4 Å². The number of carbonyl (C=O) groups is 1. The van der Waals surface area contributed by atoms with E-state index in [1.807, 2.05) is 0 Å². The summed E-state index contributed by atoms with van der Waals surface area (Å²) in [4.78, 5) is 10.1. The van der Waals surface area contributed by atoms with Crippen molar-refractivity contribution >= 4 is 6.29 Å². The molecule has 1 rings (SSSR count). The number of alkyl halides is 4. The molecule has 0 fully saturated rings. The highest BCUT2D eigenvalue weighted by molar-refractivity contribution is 5.50. The molecular weight excluding hydrogens is 224 g/mol. The minimum Gasteiger partial charge on any atom is -0.303 e. The zero-order valence-corrected chi connectivity index (χ0v) is 8.30. The van der Waals surface area contributed by atoms with Crippen LogP contribution in [0.3, 0.4) is 0 Å². The Labute approximate surface area is 90.1 Å². The Morgan fingerprint density at radius 3 is 2.19 bits per heavy atom.